The molecule has 33 heavy (non-hydrogen) atoms. The first-order valence-corrected chi connectivity index (χ1v) is 11.0. The van der Waals surface area contributed by atoms with Crippen LogP contribution in [-0.4, -0.2) is 32.6 Å². The Morgan fingerprint density at radius 1 is 0.970 bits per heavy atom. The van der Waals surface area contributed by atoms with Gasteiger partial charge in [0.2, 0.25) is 6.79 Å². The second-order valence-electron chi connectivity index (χ2n) is 8.44. The molecule has 6 nitrogen and oxygen atoms in total. The van der Waals surface area contributed by atoms with Crippen molar-refractivity contribution in [2.24, 2.45) is 0 Å². The maximum Gasteiger partial charge on any atom is 0.251 e. The van der Waals surface area contributed by atoms with Gasteiger partial charge in [-0.15, -0.1) is 0 Å². The van der Waals surface area contributed by atoms with E-state index in [2.05, 4.69) is 5.32 Å². The predicted molar refractivity (Wildman–Crippen MR) is 124 cm³/mol. The Balaban J connectivity index is 1.40. The number of nitrogens with one attached hydrogen (secondary N) is 1. The highest BCUT2D eigenvalue weighted by Gasteiger charge is 2.50. The monoisotopic (exact) mass is 443 g/mol. The molecule has 0 atom stereocenters. The molecule has 2 aliphatic rings. The van der Waals surface area contributed by atoms with Crippen LogP contribution < -0.4 is 19.5 Å². The Labute approximate surface area is 192 Å². The fourth-order valence-corrected chi connectivity index (χ4v) is 4.44. The normalized spacial score (nSPS) is 15.1. The largest absolute Gasteiger partial charge is 0.496 e. The molecule has 1 N–H and O–H groups in total. The summed E-state index contributed by atoms with van der Waals surface area (Å²) in [5, 5.41) is 2.62. The third kappa shape index (κ3) is 3.82. The number of Topliss-reactive ketones (excluding diaryl/α,β-unsaturated/α-hetero) is 1. The van der Waals surface area contributed by atoms with Crippen molar-refractivity contribution in [2.75, 3.05) is 21.0 Å². The summed E-state index contributed by atoms with van der Waals surface area (Å²) in [5.74, 6) is 2.22. The van der Waals surface area contributed by atoms with Gasteiger partial charge < -0.3 is 19.5 Å². The molecule has 1 aliphatic carbocycles. The third-order valence-corrected chi connectivity index (χ3v) is 6.52. The van der Waals surface area contributed by atoms with Crippen LogP contribution in [0.4, 0.5) is 0 Å². The third-order valence-electron chi connectivity index (χ3n) is 6.52. The molecule has 1 amide bonds. The van der Waals surface area contributed by atoms with Gasteiger partial charge in [0.15, 0.2) is 11.5 Å². The number of amides is 1. The lowest BCUT2D eigenvalue weighted by molar-refractivity contribution is -0.120. The smallest absolute Gasteiger partial charge is 0.251 e. The molecule has 1 saturated carbocycles. The molecule has 6 heteroatoms. The van der Waals surface area contributed by atoms with Crippen molar-refractivity contribution in [1.29, 1.82) is 0 Å². The van der Waals surface area contributed by atoms with Gasteiger partial charge in [-0.05, 0) is 65.9 Å². The Morgan fingerprint density at radius 3 is 2.42 bits per heavy atom. The zero-order chi connectivity index (χ0) is 23.0. The first-order chi connectivity index (χ1) is 16.0. The van der Waals surface area contributed by atoms with Crippen LogP contribution in [0.3, 0.4) is 0 Å². The van der Waals surface area contributed by atoms with E-state index in [4.69, 9.17) is 14.2 Å². The maximum absolute atomic E-state index is 13.4. The Bertz CT molecular complexity index is 1230. The highest BCUT2D eigenvalue weighted by Crippen LogP contribution is 2.51. The van der Waals surface area contributed by atoms with E-state index < -0.39 is 5.41 Å². The van der Waals surface area contributed by atoms with E-state index in [9.17, 15) is 9.59 Å². The van der Waals surface area contributed by atoms with E-state index in [0.29, 0.717) is 17.7 Å². The molecule has 0 saturated heterocycles. The van der Waals surface area contributed by atoms with Crippen LogP contribution in [0.15, 0.2) is 60.7 Å². The first-order valence-electron chi connectivity index (χ1n) is 11.0. The van der Waals surface area contributed by atoms with Crippen molar-refractivity contribution in [3.05, 3.63) is 77.4 Å². The van der Waals surface area contributed by atoms with Gasteiger partial charge >= 0.3 is 0 Å². The maximum atomic E-state index is 13.4. The number of ketones is 1. The van der Waals surface area contributed by atoms with E-state index in [0.717, 1.165) is 46.6 Å². The van der Waals surface area contributed by atoms with Gasteiger partial charge in [0.25, 0.3) is 5.91 Å². The number of methoxy groups -OCH3 is 1. The second kappa shape index (κ2) is 8.28. The van der Waals surface area contributed by atoms with Crippen LogP contribution in [-0.2, 0) is 16.6 Å². The molecule has 0 spiro atoms. The van der Waals surface area contributed by atoms with Crippen LogP contribution >= 0.6 is 0 Å². The molecular weight excluding hydrogens is 418 g/mol. The van der Waals surface area contributed by atoms with Crippen LogP contribution in [0.1, 0.15) is 34.3 Å². The lowest BCUT2D eigenvalue weighted by Crippen LogP contribution is -2.22. The summed E-state index contributed by atoms with van der Waals surface area (Å²) in [6.45, 7) is 0.221. The number of carbonyl (C=O) groups excluding carboxylic acids is 2. The minimum absolute atomic E-state index is 0.133. The molecule has 5 rings (SSSR count). The van der Waals surface area contributed by atoms with Crippen molar-refractivity contribution in [2.45, 2.75) is 24.7 Å². The predicted octanol–water partition coefficient (Wildman–Crippen LogP) is 4.29. The molecule has 0 radical (unpaired) electrons. The second-order valence-corrected chi connectivity index (χ2v) is 8.44. The van der Waals surface area contributed by atoms with E-state index >= 15 is 0 Å². The Morgan fingerprint density at radius 2 is 1.73 bits per heavy atom. The molecule has 1 heterocycles. The van der Waals surface area contributed by atoms with E-state index in [-0.39, 0.29) is 18.5 Å². The standard InChI is InChI=1S/C27H25NO5/c1-28-26(30)19-6-4-18(5-7-19)21-13-17(3-9-22(21)31-2)14-25(29)27(11-12-27)20-8-10-23-24(15-20)33-16-32-23/h3-10,13,15H,11-12,14,16H2,1-2H3,(H,28,30). The summed E-state index contributed by atoms with van der Waals surface area (Å²) >= 11 is 0. The summed E-state index contributed by atoms with van der Waals surface area (Å²) in [5.41, 5.74) is 3.88. The van der Waals surface area contributed by atoms with Crippen LogP contribution in [0.25, 0.3) is 11.1 Å². The number of ether oxygens (including phenoxy) is 3. The summed E-state index contributed by atoms with van der Waals surface area (Å²) in [7, 11) is 3.23. The lowest BCUT2D eigenvalue weighted by atomic mass is 9.87. The van der Waals surface area contributed by atoms with Crippen LogP contribution in [0.2, 0.25) is 0 Å². The molecule has 0 bridgehead atoms. The van der Waals surface area contributed by atoms with Crippen molar-refractivity contribution in [3.63, 3.8) is 0 Å². The van der Waals surface area contributed by atoms with Gasteiger partial charge in [-0.25, -0.2) is 0 Å². The summed E-state index contributed by atoms with van der Waals surface area (Å²) in [6, 6.07) is 19.0. The highest BCUT2D eigenvalue weighted by atomic mass is 16.7. The Hall–Kier alpha value is -3.80. The minimum Gasteiger partial charge on any atom is -0.496 e. The van der Waals surface area contributed by atoms with Crippen molar-refractivity contribution in [1.82, 2.24) is 5.32 Å². The number of benzene rings is 3. The zero-order valence-corrected chi connectivity index (χ0v) is 18.6. The van der Waals surface area contributed by atoms with Gasteiger partial charge in [-0.3, -0.25) is 9.59 Å². The molecule has 1 fully saturated rings. The lowest BCUT2D eigenvalue weighted by Gasteiger charge is -2.16. The average Bonchev–Trinajstić information content (AvgIpc) is 3.54. The summed E-state index contributed by atoms with van der Waals surface area (Å²) < 4.78 is 16.5. The fraction of sp³-hybridized carbons (Fsp3) is 0.259. The number of carbonyl (C=O) groups is 2. The summed E-state index contributed by atoms with van der Waals surface area (Å²) in [6.07, 6.45) is 2.02. The van der Waals surface area contributed by atoms with Gasteiger partial charge in [0.05, 0.1) is 12.5 Å². The van der Waals surface area contributed by atoms with Crippen LogP contribution in [0, 0.1) is 0 Å². The molecular formula is C27H25NO5. The van der Waals surface area contributed by atoms with E-state index in [1.807, 2.05) is 48.5 Å². The number of rotatable bonds is 7. The topological polar surface area (TPSA) is 73.9 Å². The quantitative estimate of drug-likeness (QED) is 0.590. The molecule has 3 aromatic carbocycles. The zero-order valence-electron chi connectivity index (χ0n) is 18.6. The number of hydrogen-bond donors (Lipinski definition) is 1. The fourth-order valence-electron chi connectivity index (χ4n) is 4.44. The molecule has 168 valence electrons. The first kappa shape index (κ1) is 21.1. The SMILES string of the molecule is CNC(=O)c1ccc(-c2cc(CC(=O)C3(c4ccc5c(c4)OCO5)CC3)ccc2OC)cc1. The van der Waals surface area contributed by atoms with Crippen LogP contribution in [0.5, 0.6) is 17.2 Å². The van der Waals surface area contributed by atoms with Gasteiger partial charge in [0.1, 0.15) is 11.5 Å². The van der Waals surface area contributed by atoms with E-state index in [1.165, 1.54) is 0 Å². The molecule has 3 aromatic rings. The van der Waals surface area contributed by atoms with Crippen molar-refractivity contribution in [3.8, 4) is 28.4 Å². The van der Waals surface area contributed by atoms with E-state index in [1.54, 1.807) is 26.3 Å². The average molecular weight is 443 g/mol. The molecule has 1 aliphatic heterocycles. The number of hydrogen-bond acceptors (Lipinski definition) is 5. The minimum atomic E-state index is -0.448. The molecule has 0 unspecified atom stereocenters. The Kier molecular flexibility index (Phi) is 5.29. The van der Waals surface area contributed by atoms with Crippen molar-refractivity contribution >= 4 is 11.7 Å². The summed E-state index contributed by atoms with van der Waals surface area (Å²) in [4.78, 5) is 25.3. The molecule has 0 aromatic heterocycles. The van der Waals surface area contributed by atoms with Crippen molar-refractivity contribution < 1.29 is 23.8 Å². The van der Waals surface area contributed by atoms with Gasteiger partial charge in [-0.2, -0.15) is 0 Å². The van der Waals surface area contributed by atoms with Gasteiger partial charge in [-0.1, -0.05) is 24.3 Å². The van der Waals surface area contributed by atoms with Gasteiger partial charge in [0, 0.05) is 24.6 Å². The number of fused-ring (bicyclic) bond motifs is 1. The highest BCUT2D eigenvalue weighted by molar-refractivity contribution is 5.96.